The largest absolute Gasteiger partial charge is 0.313 e. The van der Waals surface area contributed by atoms with Crippen molar-refractivity contribution in [1.29, 1.82) is 0 Å². The summed E-state index contributed by atoms with van der Waals surface area (Å²) in [6.45, 7) is 5.44. The van der Waals surface area contributed by atoms with E-state index in [1.165, 1.54) is 38.2 Å². The molecule has 1 unspecified atom stereocenters. The van der Waals surface area contributed by atoms with E-state index in [9.17, 15) is 4.39 Å². The summed E-state index contributed by atoms with van der Waals surface area (Å²) < 4.78 is 13.6. The van der Waals surface area contributed by atoms with Crippen LogP contribution >= 0.6 is 11.6 Å². The fourth-order valence-electron chi connectivity index (χ4n) is 3.45. The molecule has 1 aromatic rings. The Balaban J connectivity index is 2.18. The Labute approximate surface area is 126 Å². The van der Waals surface area contributed by atoms with Gasteiger partial charge in [0.05, 0.1) is 5.02 Å². The van der Waals surface area contributed by atoms with Crippen molar-refractivity contribution < 1.29 is 4.39 Å². The number of halogens is 2. The van der Waals surface area contributed by atoms with Gasteiger partial charge >= 0.3 is 0 Å². The summed E-state index contributed by atoms with van der Waals surface area (Å²) in [6.07, 6.45) is 7.25. The van der Waals surface area contributed by atoms with Gasteiger partial charge in [0, 0.05) is 6.04 Å². The average Bonchev–Trinajstić information content (AvgIpc) is 2.44. The summed E-state index contributed by atoms with van der Waals surface area (Å²) in [5.74, 6) is -0.312. The first-order valence-corrected chi connectivity index (χ1v) is 8.11. The average molecular weight is 298 g/mol. The van der Waals surface area contributed by atoms with Crippen molar-refractivity contribution in [3.05, 3.63) is 34.6 Å². The van der Waals surface area contributed by atoms with Gasteiger partial charge < -0.3 is 5.32 Å². The molecule has 0 saturated heterocycles. The lowest BCUT2D eigenvalue weighted by Gasteiger charge is -2.41. The highest BCUT2D eigenvalue weighted by molar-refractivity contribution is 6.31. The third-order valence-corrected chi connectivity index (χ3v) is 5.17. The predicted molar refractivity (Wildman–Crippen MR) is 83.8 cm³/mol. The van der Waals surface area contributed by atoms with E-state index in [2.05, 4.69) is 19.2 Å². The van der Waals surface area contributed by atoms with Gasteiger partial charge in [-0.3, -0.25) is 0 Å². The summed E-state index contributed by atoms with van der Waals surface area (Å²) >= 11 is 6.12. The Hall–Kier alpha value is -0.600. The van der Waals surface area contributed by atoms with Crippen LogP contribution in [0.15, 0.2) is 18.2 Å². The lowest BCUT2D eigenvalue weighted by Crippen LogP contribution is -2.46. The molecule has 0 aliphatic heterocycles. The molecule has 0 radical (unpaired) electrons. The topological polar surface area (TPSA) is 12.0 Å². The molecule has 1 nitrogen and oxygen atoms in total. The van der Waals surface area contributed by atoms with Crippen LogP contribution in [-0.2, 0) is 6.42 Å². The van der Waals surface area contributed by atoms with Crippen molar-refractivity contribution in [2.75, 3.05) is 6.54 Å². The molecule has 3 heteroatoms. The molecule has 0 heterocycles. The normalized spacial score (nSPS) is 19.8. The Morgan fingerprint density at radius 2 is 2.00 bits per heavy atom. The number of nitrogens with one attached hydrogen (secondary N) is 1. The zero-order chi connectivity index (χ0) is 14.6. The van der Waals surface area contributed by atoms with E-state index in [1.54, 1.807) is 6.07 Å². The van der Waals surface area contributed by atoms with E-state index in [4.69, 9.17) is 11.6 Å². The molecule has 0 amide bonds. The maximum absolute atomic E-state index is 13.6. The second-order valence-electron chi connectivity index (χ2n) is 6.24. The second-order valence-corrected chi connectivity index (χ2v) is 6.62. The van der Waals surface area contributed by atoms with E-state index in [0.717, 1.165) is 18.5 Å². The SMILES string of the molecule is CCNC(Cc1cccc(F)c1Cl)C1(C)CCCCC1. The van der Waals surface area contributed by atoms with Gasteiger partial charge in [0.1, 0.15) is 5.82 Å². The quantitative estimate of drug-likeness (QED) is 0.809. The van der Waals surface area contributed by atoms with Gasteiger partial charge in [-0.25, -0.2) is 4.39 Å². The number of hydrogen-bond acceptors (Lipinski definition) is 1. The molecular weight excluding hydrogens is 273 g/mol. The Kier molecular flexibility index (Phi) is 5.45. The van der Waals surface area contributed by atoms with Crippen molar-refractivity contribution in [3.63, 3.8) is 0 Å². The van der Waals surface area contributed by atoms with Crippen LogP contribution in [0.25, 0.3) is 0 Å². The molecule has 0 spiro atoms. The van der Waals surface area contributed by atoms with Crippen LogP contribution < -0.4 is 5.32 Å². The van der Waals surface area contributed by atoms with E-state index in [-0.39, 0.29) is 10.8 Å². The highest BCUT2D eigenvalue weighted by atomic mass is 35.5. The summed E-state index contributed by atoms with van der Waals surface area (Å²) in [4.78, 5) is 0. The minimum atomic E-state index is -0.312. The second kappa shape index (κ2) is 6.91. The van der Waals surface area contributed by atoms with E-state index >= 15 is 0 Å². The molecule has 1 aromatic carbocycles. The number of hydrogen-bond donors (Lipinski definition) is 1. The lowest BCUT2D eigenvalue weighted by molar-refractivity contribution is 0.145. The van der Waals surface area contributed by atoms with Crippen molar-refractivity contribution in [1.82, 2.24) is 5.32 Å². The molecule has 1 aliphatic carbocycles. The van der Waals surface area contributed by atoms with Crippen molar-refractivity contribution in [3.8, 4) is 0 Å². The molecule has 1 fully saturated rings. The molecule has 1 aliphatic rings. The standard InChI is InChI=1S/C17H25ClFN/c1-3-20-15(17(2)10-5-4-6-11-17)12-13-8-7-9-14(19)16(13)18/h7-9,15,20H,3-6,10-12H2,1-2H3. The molecular formula is C17H25ClFN. The molecule has 0 aromatic heterocycles. The summed E-state index contributed by atoms with van der Waals surface area (Å²) in [5.41, 5.74) is 1.22. The summed E-state index contributed by atoms with van der Waals surface area (Å²) in [6, 6.07) is 5.49. The molecule has 2 rings (SSSR count). The van der Waals surface area contributed by atoms with E-state index in [0.29, 0.717) is 11.5 Å². The Morgan fingerprint density at radius 3 is 2.65 bits per heavy atom. The Morgan fingerprint density at radius 1 is 1.30 bits per heavy atom. The van der Waals surface area contributed by atoms with E-state index in [1.807, 2.05) is 6.07 Å². The molecule has 1 saturated carbocycles. The molecule has 1 N–H and O–H groups in total. The van der Waals surface area contributed by atoms with Gasteiger partial charge in [-0.2, -0.15) is 0 Å². The van der Waals surface area contributed by atoms with Crippen molar-refractivity contribution >= 4 is 11.6 Å². The third-order valence-electron chi connectivity index (χ3n) is 4.74. The first-order valence-electron chi connectivity index (χ1n) is 7.73. The van der Waals surface area contributed by atoms with Crippen molar-refractivity contribution in [2.45, 2.75) is 58.4 Å². The predicted octanol–water partition coefficient (Wildman–Crippen LogP) is 4.97. The van der Waals surface area contributed by atoms with Crippen LogP contribution in [0.1, 0.15) is 51.5 Å². The maximum Gasteiger partial charge on any atom is 0.142 e. The highest BCUT2D eigenvalue weighted by Gasteiger charge is 2.35. The van der Waals surface area contributed by atoms with Crippen LogP contribution in [0, 0.1) is 11.2 Å². The maximum atomic E-state index is 13.6. The molecule has 0 bridgehead atoms. The fourth-order valence-corrected chi connectivity index (χ4v) is 3.65. The Bertz CT molecular complexity index is 441. The minimum absolute atomic E-state index is 0.287. The first kappa shape index (κ1) is 15.8. The van der Waals surface area contributed by atoms with Crippen molar-refractivity contribution in [2.24, 2.45) is 5.41 Å². The highest BCUT2D eigenvalue weighted by Crippen LogP contribution is 2.40. The number of likely N-dealkylation sites (N-methyl/N-ethyl adjacent to an activating group) is 1. The smallest absolute Gasteiger partial charge is 0.142 e. The van der Waals surface area contributed by atoms with Crippen LogP contribution in [0.5, 0.6) is 0 Å². The van der Waals surface area contributed by atoms with Crippen LogP contribution in [-0.4, -0.2) is 12.6 Å². The fraction of sp³-hybridized carbons (Fsp3) is 0.647. The third kappa shape index (κ3) is 3.53. The number of benzene rings is 1. The van der Waals surface area contributed by atoms with Gasteiger partial charge in [0.2, 0.25) is 0 Å². The molecule has 20 heavy (non-hydrogen) atoms. The monoisotopic (exact) mass is 297 g/mol. The van der Waals surface area contributed by atoms with Gasteiger partial charge in [-0.05, 0) is 42.9 Å². The zero-order valence-electron chi connectivity index (χ0n) is 12.5. The minimum Gasteiger partial charge on any atom is -0.313 e. The van der Waals surface area contributed by atoms with Gasteiger partial charge in [0.25, 0.3) is 0 Å². The summed E-state index contributed by atoms with van der Waals surface area (Å²) in [5, 5.41) is 3.89. The first-order chi connectivity index (χ1) is 9.57. The lowest BCUT2D eigenvalue weighted by atomic mass is 9.69. The van der Waals surface area contributed by atoms with Crippen LogP contribution in [0.4, 0.5) is 4.39 Å². The molecule has 112 valence electrons. The summed E-state index contributed by atoms with van der Waals surface area (Å²) in [7, 11) is 0. The zero-order valence-corrected chi connectivity index (χ0v) is 13.3. The number of rotatable bonds is 5. The van der Waals surface area contributed by atoms with Crippen LogP contribution in [0.3, 0.4) is 0 Å². The molecule has 1 atom stereocenters. The van der Waals surface area contributed by atoms with Gasteiger partial charge in [0.15, 0.2) is 0 Å². The van der Waals surface area contributed by atoms with Gasteiger partial charge in [-0.1, -0.05) is 56.8 Å². The van der Waals surface area contributed by atoms with Crippen LogP contribution in [0.2, 0.25) is 5.02 Å². The van der Waals surface area contributed by atoms with E-state index < -0.39 is 0 Å². The van der Waals surface area contributed by atoms with Gasteiger partial charge in [-0.15, -0.1) is 0 Å².